The molecule has 8 nitrogen and oxygen atoms in total. The van der Waals surface area contributed by atoms with Gasteiger partial charge in [-0.2, -0.15) is 0 Å². The number of benzene rings is 1. The number of nitro benzene ring substituents is 1. The summed E-state index contributed by atoms with van der Waals surface area (Å²) < 4.78 is 24.7. The Kier molecular flexibility index (Phi) is 3.30. The molecule has 0 bridgehead atoms. The Bertz CT molecular complexity index is 724. The molecule has 1 aliphatic heterocycles. The first-order valence-electron chi connectivity index (χ1n) is 5.66. The van der Waals surface area contributed by atoms with Crippen molar-refractivity contribution in [3.63, 3.8) is 0 Å². The van der Waals surface area contributed by atoms with Gasteiger partial charge in [0.05, 0.1) is 17.0 Å². The Morgan fingerprint density at radius 2 is 2.05 bits per heavy atom. The molecule has 9 heteroatoms. The average Bonchev–Trinajstić information content (AvgIpc) is 2.59. The lowest BCUT2D eigenvalue weighted by molar-refractivity contribution is -0.384. The van der Waals surface area contributed by atoms with Crippen LogP contribution in [0.3, 0.4) is 0 Å². The van der Waals surface area contributed by atoms with Crippen LogP contribution in [0.2, 0.25) is 0 Å². The Balaban J connectivity index is 2.53. The molecular weight excluding hydrogens is 288 g/mol. The van der Waals surface area contributed by atoms with Crippen molar-refractivity contribution in [3.05, 3.63) is 33.9 Å². The minimum atomic E-state index is -4.10. The van der Waals surface area contributed by atoms with Gasteiger partial charge in [0, 0.05) is 18.6 Å². The maximum absolute atomic E-state index is 12.1. The number of Topliss-reactive ketones (excluding diaryl/α,β-unsaturated/α-hetero) is 1. The van der Waals surface area contributed by atoms with Crippen molar-refractivity contribution in [3.8, 4) is 0 Å². The topological polar surface area (TPSA) is 115 Å². The summed E-state index contributed by atoms with van der Waals surface area (Å²) in [5.74, 6) is -1.32. The molecule has 1 aliphatic rings. The number of ketones is 1. The van der Waals surface area contributed by atoms with Gasteiger partial charge in [-0.05, 0) is 6.07 Å². The number of sulfonamides is 1. The zero-order valence-corrected chi connectivity index (χ0v) is 11.2. The highest BCUT2D eigenvalue weighted by Gasteiger charge is 2.42. The van der Waals surface area contributed by atoms with Crippen LogP contribution < -0.4 is 0 Å². The second kappa shape index (κ2) is 4.67. The number of non-ortho nitro benzene ring substituents is 1. The Morgan fingerprint density at radius 1 is 1.40 bits per heavy atom. The van der Waals surface area contributed by atoms with Crippen LogP contribution in [-0.4, -0.2) is 35.9 Å². The van der Waals surface area contributed by atoms with E-state index in [9.17, 15) is 28.1 Å². The van der Waals surface area contributed by atoms with Crippen molar-refractivity contribution >= 4 is 27.4 Å². The fourth-order valence-electron chi connectivity index (χ4n) is 1.81. The Hall–Kier alpha value is -2.29. The lowest BCUT2D eigenvalue weighted by Crippen LogP contribution is -2.34. The number of hydrogen-bond donors (Lipinski definition) is 0. The summed E-state index contributed by atoms with van der Waals surface area (Å²) in [4.78, 5) is 33.0. The summed E-state index contributed by atoms with van der Waals surface area (Å²) in [5, 5.41) is 10.7. The van der Waals surface area contributed by atoms with Gasteiger partial charge in [0.15, 0.2) is 5.78 Å². The summed E-state index contributed by atoms with van der Waals surface area (Å²) >= 11 is 0. The van der Waals surface area contributed by atoms with E-state index in [1.54, 1.807) is 6.92 Å². The molecular formula is C11H10N2O6S. The van der Waals surface area contributed by atoms with Crippen molar-refractivity contribution in [2.45, 2.75) is 18.2 Å². The average molecular weight is 298 g/mol. The quantitative estimate of drug-likeness (QED) is 0.597. The van der Waals surface area contributed by atoms with Crippen LogP contribution in [0, 0.1) is 10.1 Å². The van der Waals surface area contributed by atoms with E-state index >= 15 is 0 Å². The number of rotatable bonds is 4. The number of fused-ring (bicyclic) bond motifs is 1. The molecule has 1 heterocycles. The van der Waals surface area contributed by atoms with Crippen LogP contribution in [0.1, 0.15) is 23.7 Å². The first-order valence-corrected chi connectivity index (χ1v) is 7.10. The monoisotopic (exact) mass is 298 g/mol. The van der Waals surface area contributed by atoms with Gasteiger partial charge in [-0.3, -0.25) is 19.7 Å². The molecule has 0 saturated heterocycles. The first kappa shape index (κ1) is 14.1. The van der Waals surface area contributed by atoms with E-state index in [1.165, 1.54) is 0 Å². The summed E-state index contributed by atoms with van der Waals surface area (Å²) in [5.41, 5.74) is -0.654. The number of carbonyl (C=O) groups is 2. The molecule has 0 atom stereocenters. The maximum atomic E-state index is 12.1. The lowest BCUT2D eigenvalue weighted by atomic mass is 10.2. The van der Waals surface area contributed by atoms with Crippen LogP contribution in [-0.2, 0) is 14.8 Å². The third-order valence-electron chi connectivity index (χ3n) is 2.91. The van der Waals surface area contributed by atoms with Crippen LogP contribution >= 0.6 is 0 Å². The minimum Gasteiger partial charge on any atom is -0.298 e. The highest BCUT2D eigenvalue weighted by Crippen LogP contribution is 2.32. The molecule has 0 aromatic heterocycles. The van der Waals surface area contributed by atoms with E-state index in [0.717, 1.165) is 18.2 Å². The molecule has 2 rings (SSSR count). The van der Waals surface area contributed by atoms with Crippen LogP contribution in [0.4, 0.5) is 5.69 Å². The number of carbonyl (C=O) groups excluding carboxylic acids is 2. The normalized spacial score (nSPS) is 16.1. The molecule has 0 unspecified atom stereocenters. The number of hydrogen-bond acceptors (Lipinski definition) is 6. The molecule has 0 aliphatic carbocycles. The fraction of sp³-hybridized carbons (Fsp3) is 0.273. The highest BCUT2D eigenvalue weighted by molar-refractivity contribution is 7.90. The number of amides is 1. The molecule has 0 saturated carbocycles. The number of nitrogens with zero attached hydrogens (tertiary/aromatic N) is 2. The molecule has 20 heavy (non-hydrogen) atoms. The van der Waals surface area contributed by atoms with Gasteiger partial charge in [-0.25, -0.2) is 12.7 Å². The first-order chi connectivity index (χ1) is 9.28. The minimum absolute atomic E-state index is 0.0930. The summed E-state index contributed by atoms with van der Waals surface area (Å²) in [6.07, 6.45) is 0.0930. The summed E-state index contributed by atoms with van der Waals surface area (Å²) in [7, 11) is -4.10. The molecule has 0 spiro atoms. The second-order valence-electron chi connectivity index (χ2n) is 4.15. The fourth-order valence-corrected chi connectivity index (χ4v) is 3.35. The van der Waals surface area contributed by atoms with E-state index in [4.69, 9.17) is 0 Å². The van der Waals surface area contributed by atoms with Gasteiger partial charge in [0.25, 0.3) is 21.6 Å². The van der Waals surface area contributed by atoms with Crippen molar-refractivity contribution in [2.24, 2.45) is 0 Å². The van der Waals surface area contributed by atoms with Gasteiger partial charge >= 0.3 is 0 Å². The van der Waals surface area contributed by atoms with Crippen molar-refractivity contribution in [1.29, 1.82) is 0 Å². The van der Waals surface area contributed by atoms with Gasteiger partial charge in [0.2, 0.25) is 0 Å². The zero-order chi connectivity index (χ0) is 15.1. The molecule has 106 valence electrons. The van der Waals surface area contributed by atoms with Crippen LogP contribution in [0.5, 0.6) is 0 Å². The van der Waals surface area contributed by atoms with Gasteiger partial charge in [-0.1, -0.05) is 6.92 Å². The van der Waals surface area contributed by atoms with Gasteiger partial charge in [0.1, 0.15) is 4.90 Å². The van der Waals surface area contributed by atoms with E-state index in [-0.39, 0.29) is 22.6 Å². The predicted octanol–water partition coefficient (Wildman–Crippen LogP) is 0.718. The highest BCUT2D eigenvalue weighted by atomic mass is 32.2. The molecule has 0 fully saturated rings. The zero-order valence-electron chi connectivity index (χ0n) is 10.4. The van der Waals surface area contributed by atoms with E-state index in [2.05, 4.69) is 0 Å². The number of nitro groups is 1. The summed E-state index contributed by atoms with van der Waals surface area (Å²) in [6.45, 7) is 0.994. The molecule has 1 aromatic carbocycles. The van der Waals surface area contributed by atoms with Crippen molar-refractivity contribution < 1.29 is 22.9 Å². The van der Waals surface area contributed by atoms with Gasteiger partial charge in [-0.15, -0.1) is 0 Å². The molecule has 1 aromatic rings. The smallest absolute Gasteiger partial charge is 0.270 e. The van der Waals surface area contributed by atoms with Gasteiger partial charge < -0.3 is 0 Å². The molecule has 1 amide bonds. The largest absolute Gasteiger partial charge is 0.298 e. The van der Waals surface area contributed by atoms with E-state index in [1.807, 2.05) is 0 Å². The third kappa shape index (κ3) is 2.05. The Labute approximate surface area is 114 Å². The van der Waals surface area contributed by atoms with E-state index in [0.29, 0.717) is 4.31 Å². The van der Waals surface area contributed by atoms with Crippen molar-refractivity contribution in [1.82, 2.24) is 4.31 Å². The Morgan fingerprint density at radius 3 is 2.60 bits per heavy atom. The standard InChI is InChI=1S/C11H10N2O6S/c1-2-8(14)6-12-11(15)9-5-7(13(16)17)3-4-10(9)20(12,18)19/h3-5H,2,6H2,1H3. The lowest BCUT2D eigenvalue weighted by Gasteiger charge is -2.13. The van der Waals surface area contributed by atoms with E-state index < -0.39 is 33.2 Å². The third-order valence-corrected chi connectivity index (χ3v) is 4.70. The second-order valence-corrected chi connectivity index (χ2v) is 5.98. The van der Waals surface area contributed by atoms with Crippen LogP contribution in [0.15, 0.2) is 23.1 Å². The maximum Gasteiger partial charge on any atom is 0.270 e. The van der Waals surface area contributed by atoms with Crippen molar-refractivity contribution in [2.75, 3.05) is 6.54 Å². The molecule has 0 N–H and O–H groups in total. The molecule has 0 radical (unpaired) electrons. The predicted molar refractivity (Wildman–Crippen MR) is 66.6 cm³/mol. The SMILES string of the molecule is CCC(=O)CN1C(=O)c2cc([N+](=O)[O-])ccc2S1(=O)=O. The van der Waals surface area contributed by atoms with Crippen LogP contribution in [0.25, 0.3) is 0 Å². The summed E-state index contributed by atoms with van der Waals surface area (Å²) in [6, 6.07) is 2.93.